The van der Waals surface area contributed by atoms with Crippen molar-refractivity contribution in [3.63, 3.8) is 0 Å². The predicted molar refractivity (Wildman–Crippen MR) is 180 cm³/mol. The summed E-state index contributed by atoms with van der Waals surface area (Å²) in [6.45, 7) is 4.54. The maximum atomic E-state index is 12.3. The minimum absolute atomic E-state index is 0.0755. The average Bonchev–Trinajstić information content (AvgIpc) is 2.93. The summed E-state index contributed by atoms with van der Waals surface area (Å²) in [6, 6.07) is -0.748. The molecule has 0 aromatic carbocycles. The molecule has 0 fully saturated rings. The van der Waals surface area contributed by atoms with Gasteiger partial charge in [-0.25, -0.2) is 4.57 Å². The molecule has 0 saturated carbocycles. The highest BCUT2D eigenvalue weighted by Crippen LogP contribution is 2.43. The van der Waals surface area contributed by atoms with Crippen molar-refractivity contribution in [2.75, 3.05) is 40.9 Å². The molecule has 0 saturated heterocycles. The Hall–Kier alpha value is -0.500. The molecular formula is C34H72N2O6P+. The Morgan fingerprint density at radius 1 is 0.698 bits per heavy atom. The predicted octanol–water partition coefficient (Wildman–Crippen LogP) is 8.68. The Balaban J connectivity index is 3.93. The lowest BCUT2D eigenvalue weighted by Gasteiger charge is -2.26. The summed E-state index contributed by atoms with van der Waals surface area (Å²) >= 11 is 0. The van der Waals surface area contributed by atoms with Crippen LogP contribution in [-0.2, 0) is 18.4 Å². The molecule has 0 aliphatic heterocycles. The Morgan fingerprint density at radius 3 is 1.51 bits per heavy atom. The van der Waals surface area contributed by atoms with Crippen LogP contribution in [0.15, 0.2) is 0 Å². The molecule has 43 heavy (non-hydrogen) atoms. The molecule has 1 amide bonds. The van der Waals surface area contributed by atoms with Crippen molar-refractivity contribution >= 4 is 13.7 Å². The summed E-state index contributed by atoms with van der Waals surface area (Å²) < 4.78 is 23.1. The van der Waals surface area contributed by atoms with Gasteiger partial charge in [0.1, 0.15) is 13.2 Å². The van der Waals surface area contributed by atoms with E-state index in [4.69, 9.17) is 9.05 Å². The maximum Gasteiger partial charge on any atom is 0.472 e. The lowest BCUT2D eigenvalue weighted by Crippen LogP contribution is -2.46. The zero-order chi connectivity index (χ0) is 32.2. The maximum absolute atomic E-state index is 12.3. The van der Waals surface area contributed by atoms with Crippen molar-refractivity contribution in [2.24, 2.45) is 0 Å². The Morgan fingerprint density at radius 2 is 1.12 bits per heavy atom. The molecule has 0 spiro atoms. The summed E-state index contributed by atoms with van der Waals surface area (Å²) in [5.41, 5.74) is 0. The van der Waals surface area contributed by atoms with E-state index >= 15 is 0 Å². The Bertz CT molecular complexity index is 688. The van der Waals surface area contributed by atoms with Crippen LogP contribution in [0, 0.1) is 0 Å². The van der Waals surface area contributed by atoms with Gasteiger partial charge in [-0.1, -0.05) is 142 Å². The lowest BCUT2D eigenvalue weighted by molar-refractivity contribution is -0.870. The van der Waals surface area contributed by atoms with E-state index in [2.05, 4.69) is 12.2 Å². The van der Waals surface area contributed by atoms with E-state index in [9.17, 15) is 19.4 Å². The summed E-state index contributed by atoms with van der Waals surface area (Å²) in [4.78, 5) is 22.2. The molecule has 3 atom stereocenters. The van der Waals surface area contributed by atoms with Crippen molar-refractivity contribution in [3.8, 4) is 0 Å². The molecule has 0 aromatic rings. The topological polar surface area (TPSA) is 105 Å². The highest BCUT2D eigenvalue weighted by Gasteiger charge is 2.28. The Kier molecular flexibility index (Phi) is 27.5. The van der Waals surface area contributed by atoms with Crippen LogP contribution in [0.25, 0.3) is 0 Å². The fourth-order valence-electron chi connectivity index (χ4n) is 5.21. The van der Waals surface area contributed by atoms with Gasteiger partial charge < -0.3 is 19.8 Å². The number of hydrogen-bond donors (Lipinski definition) is 3. The number of phosphoric acid groups is 1. The van der Waals surface area contributed by atoms with Crippen LogP contribution in [0.1, 0.15) is 162 Å². The number of aliphatic hydroxyl groups is 1. The first kappa shape index (κ1) is 42.5. The fourth-order valence-corrected chi connectivity index (χ4v) is 5.94. The number of nitrogens with one attached hydrogen (secondary N) is 1. The van der Waals surface area contributed by atoms with E-state index in [1.54, 1.807) is 0 Å². The second kappa shape index (κ2) is 27.8. The fraction of sp³-hybridized carbons (Fsp3) is 0.971. The summed E-state index contributed by atoms with van der Waals surface area (Å²) in [6.07, 6.45) is 27.1. The quantitative estimate of drug-likeness (QED) is 0.0388. The highest BCUT2D eigenvalue weighted by molar-refractivity contribution is 7.47. The van der Waals surface area contributed by atoms with Crippen LogP contribution < -0.4 is 5.32 Å². The number of aliphatic hydroxyl groups excluding tert-OH is 1. The third-order valence-corrected chi connectivity index (χ3v) is 9.06. The largest absolute Gasteiger partial charge is 0.472 e. The standard InChI is InChI=1S/C34H71N2O6P/c1-6-8-9-10-11-12-13-14-15-16-17-18-19-20-21-22-23-24-25-26-28-33(37)32(35-34(38)27-7-2)31-42-43(39,40)41-30-29-36(3,4)5/h32-33,37H,6-31H2,1-5H3,(H-,35,38,39,40)/p+1. The van der Waals surface area contributed by atoms with E-state index in [1.165, 1.54) is 109 Å². The van der Waals surface area contributed by atoms with Gasteiger partial charge >= 0.3 is 7.82 Å². The molecular weight excluding hydrogens is 563 g/mol. The smallest absolute Gasteiger partial charge is 0.391 e. The van der Waals surface area contributed by atoms with Crippen molar-refractivity contribution < 1.29 is 32.9 Å². The van der Waals surface area contributed by atoms with Crippen molar-refractivity contribution in [3.05, 3.63) is 0 Å². The number of hydrogen-bond acceptors (Lipinski definition) is 5. The van der Waals surface area contributed by atoms with Gasteiger partial charge in [0.25, 0.3) is 0 Å². The van der Waals surface area contributed by atoms with Crippen LogP contribution in [0.2, 0.25) is 0 Å². The van der Waals surface area contributed by atoms with Gasteiger partial charge in [0.05, 0.1) is 39.9 Å². The van der Waals surface area contributed by atoms with E-state index in [1.807, 2.05) is 28.1 Å². The molecule has 9 heteroatoms. The molecule has 0 bridgehead atoms. The van der Waals surface area contributed by atoms with E-state index < -0.39 is 20.0 Å². The van der Waals surface area contributed by atoms with E-state index in [-0.39, 0.29) is 19.1 Å². The third kappa shape index (κ3) is 29.9. The second-order valence-electron chi connectivity index (χ2n) is 13.6. The summed E-state index contributed by atoms with van der Waals surface area (Å²) in [5.74, 6) is -0.197. The average molecular weight is 636 g/mol. The molecule has 3 N–H and O–H groups in total. The van der Waals surface area contributed by atoms with Gasteiger partial charge in [0.2, 0.25) is 5.91 Å². The van der Waals surface area contributed by atoms with Crippen LogP contribution >= 0.6 is 7.82 Å². The van der Waals surface area contributed by atoms with E-state index in [0.717, 1.165) is 19.3 Å². The van der Waals surface area contributed by atoms with Gasteiger partial charge in [-0.3, -0.25) is 13.8 Å². The number of rotatable bonds is 32. The van der Waals surface area contributed by atoms with Gasteiger partial charge in [0, 0.05) is 6.42 Å². The van der Waals surface area contributed by atoms with Crippen LogP contribution in [-0.4, -0.2) is 73.4 Å². The van der Waals surface area contributed by atoms with E-state index in [0.29, 0.717) is 30.3 Å². The van der Waals surface area contributed by atoms with Crippen LogP contribution in [0.4, 0.5) is 0 Å². The first-order chi connectivity index (χ1) is 20.5. The molecule has 0 radical (unpaired) electrons. The number of carbonyl (C=O) groups is 1. The first-order valence-electron chi connectivity index (χ1n) is 17.9. The van der Waals surface area contributed by atoms with Crippen molar-refractivity contribution in [1.82, 2.24) is 5.32 Å². The Labute approximate surface area is 266 Å². The molecule has 8 nitrogen and oxygen atoms in total. The van der Waals surface area contributed by atoms with Crippen LogP contribution in [0.3, 0.4) is 0 Å². The van der Waals surface area contributed by atoms with Gasteiger partial charge in [0.15, 0.2) is 0 Å². The highest BCUT2D eigenvalue weighted by atomic mass is 31.2. The normalized spacial score (nSPS) is 14.9. The number of amides is 1. The molecule has 0 aromatic heterocycles. The van der Waals surface area contributed by atoms with Gasteiger partial charge in [-0.05, 0) is 12.8 Å². The zero-order valence-electron chi connectivity index (χ0n) is 29.0. The molecule has 0 heterocycles. The molecule has 0 rings (SSSR count). The number of likely N-dealkylation sites (N-methyl/N-ethyl adjacent to an activating group) is 1. The SMILES string of the molecule is CCCCCCCCCCCCCCCCCCCCCCC(O)C(COP(=O)(O)OCC[N+](C)(C)C)NC(=O)CCC. The molecule has 258 valence electrons. The number of phosphoric ester groups is 1. The lowest BCUT2D eigenvalue weighted by atomic mass is 10.0. The van der Waals surface area contributed by atoms with Crippen LogP contribution in [0.5, 0.6) is 0 Å². The summed E-state index contributed by atoms with van der Waals surface area (Å²) in [5, 5.41) is 13.5. The molecule has 3 unspecified atom stereocenters. The first-order valence-corrected chi connectivity index (χ1v) is 19.4. The molecule has 0 aliphatic carbocycles. The van der Waals surface area contributed by atoms with Crippen molar-refractivity contribution in [2.45, 2.75) is 174 Å². The second-order valence-corrected chi connectivity index (χ2v) is 15.1. The minimum Gasteiger partial charge on any atom is -0.391 e. The zero-order valence-corrected chi connectivity index (χ0v) is 29.9. The number of nitrogens with zero attached hydrogens (tertiary/aromatic N) is 1. The number of unbranched alkanes of at least 4 members (excludes halogenated alkanes) is 19. The third-order valence-electron chi connectivity index (χ3n) is 8.08. The van der Waals surface area contributed by atoms with Crippen molar-refractivity contribution in [1.29, 1.82) is 0 Å². The molecule has 0 aliphatic rings. The number of quaternary nitrogens is 1. The summed E-state index contributed by atoms with van der Waals surface area (Å²) in [7, 11) is 1.61. The van der Waals surface area contributed by atoms with Gasteiger partial charge in [-0.15, -0.1) is 0 Å². The monoisotopic (exact) mass is 636 g/mol. The number of carbonyl (C=O) groups excluding carboxylic acids is 1. The van der Waals surface area contributed by atoms with Gasteiger partial charge in [-0.2, -0.15) is 0 Å². The minimum atomic E-state index is -4.27.